The number of nitrogens with zero attached hydrogens (tertiary/aromatic N) is 6. The SMILES string of the molecule is Nc1ccn([C@H]2CC[C@@H](CO)O2)c(=O)n1.Nc1nc(NC2CC2)c2ncn([C@H]3CO[C@@H](CO)O3)c2n1. The maximum absolute atomic E-state index is 11.5. The first-order valence-electron chi connectivity index (χ1n) is 11.7. The largest absolute Gasteiger partial charge is 0.394 e. The minimum atomic E-state index is -0.615. The number of aliphatic hydroxyl groups excluding tert-OH is 2. The molecule has 0 spiro atoms. The van der Waals surface area contributed by atoms with Crippen molar-refractivity contribution in [2.75, 3.05) is 36.6 Å². The van der Waals surface area contributed by atoms with E-state index in [1.165, 1.54) is 4.57 Å². The molecule has 4 atom stereocenters. The number of nitrogens with two attached hydrogens (primary N) is 2. The number of aromatic nitrogens is 6. The lowest BCUT2D eigenvalue weighted by atomic mass is 10.2. The van der Waals surface area contributed by atoms with Gasteiger partial charge >= 0.3 is 5.69 Å². The summed E-state index contributed by atoms with van der Waals surface area (Å²) in [5.74, 6) is 1.04. The van der Waals surface area contributed by atoms with Crippen molar-refractivity contribution in [1.29, 1.82) is 0 Å². The number of rotatable bonds is 6. The molecule has 0 aromatic carbocycles. The maximum Gasteiger partial charge on any atom is 0.351 e. The Kier molecular flexibility index (Phi) is 6.97. The molecule has 3 aromatic heterocycles. The first-order chi connectivity index (χ1) is 17.4. The predicted molar refractivity (Wildman–Crippen MR) is 126 cm³/mol. The summed E-state index contributed by atoms with van der Waals surface area (Å²) >= 11 is 0. The van der Waals surface area contributed by atoms with Gasteiger partial charge in [0.05, 0.1) is 32.3 Å². The Labute approximate surface area is 205 Å². The van der Waals surface area contributed by atoms with Gasteiger partial charge in [-0.3, -0.25) is 9.13 Å². The molecule has 3 fully saturated rings. The molecule has 194 valence electrons. The van der Waals surface area contributed by atoms with Crippen LogP contribution in [-0.4, -0.2) is 77.5 Å². The zero-order chi connectivity index (χ0) is 25.2. The average molecular weight is 504 g/mol. The van der Waals surface area contributed by atoms with Crippen molar-refractivity contribution in [2.24, 2.45) is 0 Å². The molecule has 6 rings (SSSR count). The molecule has 0 amide bonds. The molecule has 0 radical (unpaired) electrons. The molecule has 15 heteroatoms. The molecular weight excluding hydrogens is 474 g/mol. The normalized spacial score (nSPS) is 25.6. The van der Waals surface area contributed by atoms with E-state index >= 15 is 0 Å². The zero-order valence-corrected chi connectivity index (χ0v) is 19.4. The second-order valence-corrected chi connectivity index (χ2v) is 8.72. The molecule has 5 heterocycles. The van der Waals surface area contributed by atoms with Crippen molar-refractivity contribution in [1.82, 2.24) is 29.1 Å². The maximum atomic E-state index is 11.5. The van der Waals surface area contributed by atoms with E-state index in [2.05, 4.69) is 25.3 Å². The number of aliphatic hydroxyl groups is 2. The highest BCUT2D eigenvalue weighted by Crippen LogP contribution is 2.30. The highest BCUT2D eigenvalue weighted by Gasteiger charge is 2.30. The molecule has 1 saturated carbocycles. The Bertz CT molecular complexity index is 1260. The summed E-state index contributed by atoms with van der Waals surface area (Å²) < 4.78 is 19.5. The van der Waals surface area contributed by atoms with Gasteiger partial charge in [-0.1, -0.05) is 0 Å². The Hall–Kier alpha value is -3.37. The summed E-state index contributed by atoms with van der Waals surface area (Å²) in [6.45, 7) is 0.119. The van der Waals surface area contributed by atoms with E-state index in [0.29, 0.717) is 36.1 Å². The number of nitrogens with one attached hydrogen (secondary N) is 1. The number of hydrogen-bond acceptors (Lipinski definition) is 13. The van der Waals surface area contributed by atoms with Gasteiger partial charge in [0.25, 0.3) is 0 Å². The lowest BCUT2D eigenvalue weighted by Crippen LogP contribution is -2.27. The Morgan fingerprint density at radius 2 is 1.86 bits per heavy atom. The van der Waals surface area contributed by atoms with Crippen LogP contribution in [0.3, 0.4) is 0 Å². The summed E-state index contributed by atoms with van der Waals surface area (Å²) in [5.41, 5.74) is 12.0. The second kappa shape index (κ2) is 10.3. The van der Waals surface area contributed by atoms with Crippen molar-refractivity contribution < 1.29 is 24.4 Å². The first-order valence-corrected chi connectivity index (χ1v) is 11.7. The fourth-order valence-corrected chi connectivity index (χ4v) is 4.02. The van der Waals surface area contributed by atoms with E-state index in [1.54, 1.807) is 23.2 Å². The Morgan fingerprint density at radius 1 is 1.03 bits per heavy atom. The number of hydrogen-bond donors (Lipinski definition) is 5. The van der Waals surface area contributed by atoms with Gasteiger partial charge in [0.2, 0.25) is 5.95 Å². The zero-order valence-electron chi connectivity index (χ0n) is 19.4. The molecule has 15 nitrogen and oxygen atoms in total. The van der Waals surface area contributed by atoms with Crippen LogP contribution in [0.5, 0.6) is 0 Å². The fraction of sp³-hybridized carbons (Fsp3) is 0.571. The lowest BCUT2D eigenvalue weighted by molar-refractivity contribution is -0.0980. The van der Waals surface area contributed by atoms with Gasteiger partial charge in [-0.05, 0) is 31.7 Å². The van der Waals surface area contributed by atoms with Crippen LogP contribution in [0.2, 0.25) is 0 Å². The number of nitrogen functional groups attached to an aromatic ring is 2. The highest BCUT2D eigenvalue weighted by molar-refractivity contribution is 5.84. The molecular formula is C21H29N9O6. The molecule has 3 aromatic rings. The summed E-state index contributed by atoms with van der Waals surface area (Å²) in [7, 11) is 0. The summed E-state index contributed by atoms with van der Waals surface area (Å²) in [4.78, 5) is 27.9. The van der Waals surface area contributed by atoms with Gasteiger partial charge in [0.15, 0.2) is 29.5 Å². The first kappa shape index (κ1) is 24.3. The molecule has 1 aliphatic carbocycles. The molecule has 3 aliphatic rings. The smallest absolute Gasteiger partial charge is 0.351 e. The summed E-state index contributed by atoms with van der Waals surface area (Å²) in [5, 5.41) is 21.3. The van der Waals surface area contributed by atoms with Crippen LogP contribution < -0.4 is 22.5 Å². The van der Waals surface area contributed by atoms with E-state index in [4.69, 9.17) is 35.9 Å². The Morgan fingerprint density at radius 3 is 2.53 bits per heavy atom. The fourth-order valence-electron chi connectivity index (χ4n) is 4.02. The molecule has 36 heavy (non-hydrogen) atoms. The number of anilines is 3. The number of imidazole rings is 1. The van der Waals surface area contributed by atoms with Crippen LogP contribution >= 0.6 is 0 Å². The van der Waals surface area contributed by atoms with E-state index in [1.807, 2.05) is 0 Å². The van der Waals surface area contributed by atoms with E-state index in [9.17, 15) is 4.79 Å². The van der Waals surface area contributed by atoms with Gasteiger partial charge in [-0.25, -0.2) is 9.78 Å². The third kappa shape index (κ3) is 5.24. The minimum Gasteiger partial charge on any atom is -0.394 e. The van der Waals surface area contributed by atoms with Crippen LogP contribution in [0, 0.1) is 0 Å². The molecule has 0 bridgehead atoms. The van der Waals surface area contributed by atoms with Crippen molar-refractivity contribution in [2.45, 2.75) is 56.6 Å². The van der Waals surface area contributed by atoms with Crippen LogP contribution in [0.15, 0.2) is 23.4 Å². The topological polar surface area (TPSA) is 211 Å². The number of fused-ring (bicyclic) bond motifs is 1. The van der Waals surface area contributed by atoms with Crippen molar-refractivity contribution in [3.63, 3.8) is 0 Å². The van der Waals surface area contributed by atoms with Crippen molar-refractivity contribution in [3.8, 4) is 0 Å². The van der Waals surface area contributed by atoms with Crippen LogP contribution in [0.25, 0.3) is 11.2 Å². The van der Waals surface area contributed by atoms with Gasteiger partial charge in [-0.15, -0.1) is 0 Å². The summed E-state index contributed by atoms with van der Waals surface area (Å²) in [6.07, 6.45) is 5.40. The monoisotopic (exact) mass is 503 g/mol. The predicted octanol–water partition coefficient (Wildman–Crippen LogP) is -0.658. The van der Waals surface area contributed by atoms with Gasteiger partial charge in [-0.2, -0.15) is 15.0 Å². The van der Waals surface area contributed by atoms with Gasteiger partial charge < -0.3 is 41.2 Å². The quantitative estimate of drug-likeness (QED) is 0.283. The van der Waals surface area contributed by atoms with Crippen molar-refractivity contribution in [3.05, 3.63) is 29.1 Å². The standard InChI is InChI=1S/C12H16N6O3.C9H13N3O3/c13-12-16-10(15-6-1-2-6)9-11(17-12)18(5-14-9)7-4-20-8(3-19)21-7;10-7-3-4-12(9(14)11-7)8-2-1-6(5-13)15-8/h5-8,19H,1-4H2,(H3,13,15,16,17);3-4,6,8,13H,1-2,5H2,(H2,10,11,14)/t7-,8-;6-,8+/m10/s1. The minimum absolute atomic E-state index is 0.0202. The van der Waals surface area contributed by atoms with Crippen LogP contribution in [0.4, 0.5) is 17.6 Å². The van der Waals surface area contributed by atoms with E-state index in [0.717, 1.165) is 19.3 Å². The molecule has 0 unspecified atom stereocenters. The number of ether oxygens (including phenoxy) is 3. The van der Waals surface area contributed by atoms with E-state index in [-0.39, 0.29) is 43.5 Å². The lowest BCUT2D eigenvalue weighted by Gasteiger charge is -2.14. The van der Waals surface area contributed by atoms with Gasteiger partial charge in [0.1, 0.15) is 12.0 Å². The summed E-state index contributed by atoms with van der Waals surface area (Å²) in [6, 6.07) is 1.99. The van der Waals surface area contributed by atoms with Crippen molar-refractivity contribution >= 4 is 28.7 Å². The molecule has 7 N–H and O–H groups in total. The third-order valence-electron chi connectivity index (χ3n) is 6.00. The van der Waals surface area contributed by atoms with Crippen LogP contribution in [0.1, 0.15) is 38.1 Å². The molecule has 2 saturated heterocycles. The second-order valence-electron chi connectivity index (χ2n) is 8.72. The highest BCUT2D eigenvalue weighted by atomic mass is 16.7. The molecule has 2 aliphatic heterocycles. The third-order valence-corrected chi connectivity index (χ3v) is 6.00. The van der Waals surface area contributed by atoms with Gasteiger partial charge in [0, 0.05) is 12.2 Å². The average Bonchev–Trinajstić information content (AvgIpc) is 3.25. The van der Waals surface area contributed by atoms with Crippen LogP contribution in [-0.2, 0) is 14.2 Å². The Balaban J connectivity index is 0.000000157. The van der Waals surface area contributed by atoms with E-state index < -0.39 is 12.0 Å².